The molecule has 144 valence electrons. The molecule has 1 fully saturated rings. The van der Waals surface area contributed by atoms with E-state index in [1.54, 1.807) is 0 Å². The van der Waals surface area contributed by atoms with Crippen molar-refractivity contribution in [2.75, 3.05) is 27.2 Å². The van der Waals surface area contributed by atoms with Gasteiger partial charge < -0.3 is 4.48 Å². The molecule has 1 aliphatic rings. The zero-order chi connectivity index (χ0) is 17.5. The van der Waals surface area contributed by atoms with Gasteiger partial charge in [-0.15, -0.1) is 0 Å². The summed E-state index contributed by atoms with van der Waals surface area (Å²) in [5, 5.41) is 0. The summed E-state index contributed by atoms with van der Waals surface area (Å²) >= 11 is 0. The summed E-state index contributed by atoms with van der Waals surface area (Å²) in [4.78, 5) is 0. The maximum atomic E-state index is 2.39. The van der Waals surface area contributed by atoms with E-state index in [-0.39, 0.29) is 0 Å². The summed E-state index contributed by atoms with van der Waals surface area (Å²) in [6, 6.07) is 0. The molecule has 0 N–H and O–H groups in total. The van der Waals surface area contributed by atoms with Crippen LogP contribution in [0.1, 0.15) is 116 Å². The Balaban J connectivity index is 1.74. The van der Waals surface area contributed by atoms with Crippen molar-refractivity contribution in [1.29, 1.82) is 0 Å². The molecular formula is C23H48N+. The summed E-state index contributed by atoms with van der Waals surface area (Å²) in [5.74, 6) is 1.05. The molecule has 0 aromatic carbocycles. The molecule has 1 nitrogen and oxygen atoms in total. The summed E-state index contributed by atoms with van der Waals surface area (Å²) in [5.41, 5.74) is 0. The first-order valence-electron chi connectivity index (χ1n) is 11.5. The summed E-state index contributed by atoms with van der Waals surface area (Å²) in [7, 11) is 4.78. The van der Waals surface area contributed by atoms with Gasteiger partial charge in [-0.1, -0.05) is 103 Å². The maximum absolute atomic E-state index is 2.39. The van der Waals surface area contributed by atoms with Crippen molar-refractivity contribution < 1.29 is 4.48 Å². The monoisotopic (exact) mass is 338 g/mol. The third-order valence-electron chi connectivity index (χ3n) is 6.25. The van der Waals surface area contributed by atoms with Gasteiger partial charge in [-0.25, -0.2) is 0 Å². The van der Waals surface area contributed by atoms with Gasteiger partial charge in [0.1, 0.15) is 0 Å². The van der Waals surface area contributed by atoms with Gasteiger partial charge in [-0.3, -0.25) is 0 Å². The highest BCUT2D eigenvalue weighted by Crippen LogP contribution is 2.25. The fourth-order valence-corrected chi connectivity index (χ4v) is 4.24. The Morgan fingerprint density at radius 3 is 1.38 bits per heavy atom. The molecule has 0 atom stereocenters. The van der Waals surface area contributed by atoms with Crippen LogP contribution in [0.3, 0.4) is 0 Å². The Morgan fingerprint density at radius 1 is 0.583 bits per heavy atom. The number of unbranched alkanes of at least 4 members (excludes halogenated alkanes) is 13. The minimum atomic E-state index is 1.05. The largest absolute Gasteiger partial charge is 0.328 e. The van der Waals surface area contributed by atoms with Crippen molar-refractivity contribution in [1.82, 2.24) is 0 Å². The van der Waals surface area contributed by atoms with Crippen LogP contribution in [-0.4, -0.2) is 31.7 Å². The van der Waals surface area contributed by atoms with E-state index in [1.165, 1.54) is 127 Å². The number of likely N-dealkylation sites (tertiary alicyclic amines) is 1. The minimum Gasteiger partial charge on any atom is -0.328 e. The Hall–Kier alpha value is -0.0400. The van der Waals surface area contributed by atoms with Crippen LogP contribution < -0.4 is 0 Å². The van der Waals surface area contributed by atoms with Crippen molar-refractivity contribution in [2.45, 2.75) is 116 Å². The number of rotatable bonds is 15. The lowest BCUT2D eigenvalue weighted by molar-refractivity contribution is -0.896. The number of piperidine rings is 1. The van der Waals surface area contributed by atoms with E-state index in [4.69, 9.17) is 0 Å². The number of quaternary nitrogens is 1. The van der Waals surface area contributed by atoms with Crippen LogP contribution in [0.25, 0.3) is 0 Å². The van der Waals surface area contributed by atoms with Gasteiger partial charge in [-0.05, 0) is 18.8 Å². The topological polar surface area (TPSA) is 0 Å². The van der Waals surface area contributed by atoms with Gasteiger partial charge in [0.15, 0.2) is 0 Å². The highest BCUT2D eigenvalue weighted by atomic mass is 15.3. The Labute approximate surface area is 154 Å². The molecule has 0 saturated carbocycles. The number of hydrogen-bond donors (Lipinski definition) is 0. The van der Waals surface area contributed by atoms with Gasteiger partial charge in [0.2, 0.25) is 0 Å². The first-order chi connectivity index (χ1) is 11.6. The van der Waals surface area contributed by atoms with E-state index < -0.39 is 0 Å². The van der Waals surface area contributed by atoms with Crippen LogP contribution in [0.15, 0.2) is 0 Å². The van der Waals surface area contributed by atoms with Crippen molar-refractivity contribution in [3.05, 3.63) is 0 Å². The zero-order valence-electron chi connectivity index (χ0n) is 17.5. The van der Waals surface area contributed by atoms with E-state index in [1.807, 2.05) is 0 Å². The van der Waals surface area contributed by atoms with E-state index in [2.05, 4.69) is 21.0 Å². The first kappa shape index (κ1) is 22.0. The predicted molar refractivity (Wildman–Crippen MR) is 109 cm³/mol. The third-order valence-corrected chi connectivity index (χ3v) is 6.25. The fourth-order valence-electron chi connectivity index (χ4n) is 4.24. The molecule has 0 unspecified atom stereocenters. The zero-order valence-corrected chi connectivity index (χ0v) is 17.5. The Kier molecular flexibility index (Phi) is 13.0. The molecule has 0 aliphatic carbocycles. The van der Waals surface area contributed by atoms with Crippen LogP contribution in [0.4, 0.5) is 0 Å². The molecule has 1 rings (SSSR count). The van der Waals surface area contributed by atoms with E-state index in [9.17, 15) is 0 Å². The van der Waals surface area contributed by atoms with Crippen LogP contribution >= 0.6 is 0 Å². The molecule has 0 amide bonds. The molecule has 1 heterocycles. The quantitative estimate of drug-likeness (QED) is 0.216. The van der Waals surface area contributed by atoms with Crippen molar-refractivity contribution in [2.24, 2.45) is 5.92 Å². The lowest BCUT2D eigenvalue weighted by atomic mass is 9.90. The Morgan fingerprint density at radius 2 is 0.958 bits per heavy atom. The summed E-state index contributed by atoms with van der Waals surface area (Å²) in [6.45, 7) is 5.11. The lowest BCUT2D eigenvalue weighted by Gasteiger charge is -2.37. The third kappa shape index (κ3) is 12.3. The van der Waals surface area contributed by atoms with Gasteiger partial charge in [0.25, 0.3) is 0 Å². The summed E-state index contributed by atoms with van der Waals surface area (Å²) < 4.78 is 1.26. The van der Waals surface area contributed by atoms with Crippen molar-refractivity contribution >= 4 is 0 Å². The smallest absolute Gasteiger partial charge is 0.0785 e. The van der Waals surface area contributed by atoms with Crippen molar-refractivity contribution in [3.63, 3.8) is 0 Å². The predicted octanol–water partition coefficient (Wildman–Crippen LogP) is 7.34. The van der Waals surface area contributed by atoms with Crippen LogP contribution in [0, 0.1) is 5.92 Å². The summed E-state index contributed by atoms with van der Waals surface area (Å²) in [6.07, 6.45) is 25.1. The molecule has 1 heteroatoms. The molecule has 0 radical (unpaired) electrons. The van der Waals surface area contributed by atoms with E-state index >= 15 is 0 Å². The van der Waals surface area contributed by atoms with Crippen LogP contribution in [-0.2, 0) is 0 Å². The van der Waals surface area contributed by atoms with Crippen LogP contribution in [0.2, 0.25) is 0 Å². The highest BCUT2D eigenvalue weighted by Gasteiger charge is 2.25. The van der Waals surface area contributed by atoms with Gasteiger partial charge in [0, 0.05) is 0 Å². The highest BCUT2D eigenvalue weighted by molar-refractivity contribution is 4.64. The maximum Gasteiger partial charge on any atom is 0.0785 e. The Bertz CT molecular complexity index is 261. The lowest BCUT2D eigenvalue weighted by Crippen LogP contribution is -2.46. The average molecular weight is 339 g/mol. The molecule has 1 saturated heterocycles. The minimum absolute atomic E-state index is 1.05. The average Bonchev–Trinajstić information content (AvgIpc) is 2.56. The second kappa shape index (κ2) is 14.2. The molecular weight excluding hydrogens is 290 g/mol. The van der Waals surface area contributed by atoms with Gasteiger partial charge in [0.05, 0.1) is 27.2 Å². The van der Waals surface area contributed by atoms with Gasteiger partial charge >= 0.3 is 0 Å². The van der Waals surface area contributed by atoms with Crippen molar-refractivity contribution in [3.8, 4) is 0 Å². The molecule has 1 aliphatic heterocycles. The molecule has 24 heavy (non-hydrogen) atoms. The van der Waals surface area contributed by atoms with Crippen LogP contribution in [0.5, 0.6) is 0 Å². The second-order valence-corrected chi connectivity index (χ2v) is 9.21. The second-order valence-electron chi connectivity index (χ2n) is 9.21. The molecule has 0 aromatic heterocycles. The first-order valence-corrected chi connectivity index (χ1v) is 11.5. The van der Waals surface area contributed by atoms with E-state index in [0.717, 1.165) is 5.92 Å². The molecule has 0 spiro atoms. The number of nitrogens with zero attached hydrogens (tertiary/aromatic N) is 1. The molecule has 0 aromatic rings. The van der Waals surface area contributed by atoms with Gasteiger partial charge in [-0.2, -0.15) is 0 Å². The number of hydrogen-bond acceptors (Lipinski definition) is 0. The normalized spacial score (nSPS) is 18.1. The fraction of sp³-hybridized carbons (Fsp3) is 1.00. The SMILES string of the molecule is CCCCCCCCCCCCCCCCC1CC[N+](C)(C)CC1. The van der Waals surface area contributed by atoms with E-state index in [0.29, 0.717) is 0 Å². The molecule has 0 bridgehead atoms. The standard InChI is InChI=1S/C23H48N/c1-4-5-6-7-8-9-10-11-12-13-14-15-16-17-18-23-19-21-24(2,3)22-20-23/h23H,4-22H2,1-3H3/q+1.